The first-order valence-electron chi connectivity index (χ1n) is 5.01. The van der Waals surface area contributed by atoms with E-state index in [1.807, 2.05) is 24.3 Å². The Morgan fingerprint density at radius 3 is 3.00 bits per heavy atom. The molecule has 0 spiro atoms. The number of hydrogen-bond donors (Lipinski definition) is 3. The Balaban J connectivity index is 2.02. The van der Waals surface area contributed by atoms with Gasteiger partial charge < -0.3 is 15.2 Å². The van der Waals surface area contributed by atoms with Gasteiger partial charge in [0.1, 0.15) is 5.58 Å². The first kappa shape index (κ1) is 10.9. The molecule has 0 radical (unpaired) electrons. The summed E-state index contributed by atoms with van der Waals surface area (Å²) >= 11 is 4.88. The molecule has 1 aromatic carbocycles. The molecule has 2 rings (SSSR count). The summed E-state index contributed by atoms with van der Waals surface area (Å²) in [5.74, 6) is 5.15. The van der Waals surface area contributed by atoms with E-state index >= 15 is 0 Å². The molecule has 0 aliphatic rings. The lowest BCUT2D eigenvalue weighted by Gasteiger charge is -2.05. The molecular formula is C11H13N3OS. The van der Waals surface area contributed by atoms with Gasteiger partial charge in [0.2, 0.25) is 0 Å². The minimum atomic E-state index is 0.452. The summed E-state index contributed by atoms with van der Waals surface area (Å²) in [4.78, 5) is 0. The van der Waals surface area contributed by atoms with Crippen LogP contribution in [0, 0.1) is 0 Å². The largest absolute Gasteiger partial charge is 0.464 e. The lowest BCUT2D eigenvalue weighted by Crippen LogP contribution is -2.40. The summed E-state index contributed by atoms with van der Waals surface area (Å²) in [6.07, 6.45) is 2.63. The zero-order valence-electron chi connectivity index (χ0n) is 8.69. The SMILES string of the molecule is NNC(=S)NCCc1coc2ccccc12. The molecule has 0 amide bonds. The third kappa shape index (κ3) is 2.32. The van der Waals surface area contributed by atoms with Gasteiger partial charge in [0.15, 0.2) is 5.11 Å². The Hall–Kier alpha value is -1.59. The number of para-hydroxylation sites is 1. The van der Waals surface area contributed by atoms with Crippen molar-refractivity contribution in [2.45, 2.75) is 6.42 Å². The lowest BCUT2D eigenvalue weighted by atomic mass is 10.1. The predicted octanol–water partition coefficient (Wildman–Crippen LogP) is 1.31. The van der Waals surface area contributed by atoms with E-state index < -0.39 is 0 Å². The zero-order valence-corrected chi connectivity index (χ0v) is 9.51. The van der Waals surface area contributed by atoms with E-state index in [1.165, 1.54) is 5.56 Å². The summed E-state index contributed by atoms with van der Waals surface area (Å²) < 4.78 is 5.43. The summed E-state index contributed by atoms with van der Waals surface area (Å²) in [7, 11) is 0. The summed E-state index contributed by atoms with van der Waals surface area (Å²) in [6.45, 7) is 0.729. The number of fused-ring (bicyclic) bond motifs is 1. The molecule has 0 saturated carbocycles. The Bertz CT molecular complexity index is 495. The average molecular weight is 235 g/mol. The molecule has 4 N–H and O–H groups in total. The smallest absolute Gasteiger partial charge is 0.180 e. The highest BCUT2D eigenvalue weighted by Crippen LogP contribution is 2.20. The first-order chi connectivity index (χ1) is 7.81. The summed E-state index contributed by atoms with van der Waals surface area (Å²) in [5, 5.41) is 4.59. The second kappa shape index (κ2) is 4.96. The number of hydrazine groups is 1. The molecule has 5 heteroatoms. The van der Waals surface area contributed by atoms with Crippen molar-refractivity contribution in [2.24, 2.45) is 5.84 Å². The molecule has 0 aliphatic carbocycles. The van der Waals surface area contributed by atoms with Crippen LogP contribution in [0.25, 0.3) is 11.0 Å². The van der Waals surface area contributed by atoms with Crippen molar-refractivity contribution in [1.82, 2.24) is 10.7 Å². The van der Waals surface area contributed by atoms with Crippen LogP contribution in [0.2, 0.25) is 0 Å². The van der Waals surface area contributed by atoms with Gasteiger partial charge in [0, 0.05) is 11.9 Å². The maximum Gasteiger partial charge on any atom is 0.180 e. The normalized spacial score (nSPS) is 10.3. The fraction of sp³-hybridized carbons (Fsp3) is 0.182. The van der Waals surface area contributed by atoms with E-state index in [0.29, 0.717) is 5.11 Å². The Labute approximate surface area is 98.8 Å². The van der Waals surface area contributed by atoms with Crippen LogP contribution in [-0.2, 0) is 6.42 Å². The van der Waals surface area contributed by atoms with Gasteiger partial charge in [-0.05, 0) is 30.3 Å². The van der Waals surface area contributed by atoms with Gasteiger partial charge in [-0.15, -0.1) is 0 Å². The van der Waals surface area contributed by atoms with E-state index in [9.17, 15) is 0 Å². The number of nitrogens with two attached hydrogens (primary N) is 1. The maximum atomic E-state index is 5.43. The van der Waals surface area contributed by atoms with E-state index in [-0.39, 0.29) is 0 Å². The number of rotatable bonds is 3. The van der Waals surface area contributed by atoms with Gasteiger partial charge >= 0.3 is 0 Å². The van der Waals surface area contributed by atoms with Gasteiger partial charge in [-0.25, -0.2) is 5.84 Å². The molecule has 16 heavy (non-hydrogen) atoms. The van der Waals surface area contributed by atoms with Crippen LogP contribution in [0.5, 0.6) is 0 Å². The van der Waals surface area contributed by atoms with Gasteiger partial charge in [0.05, 0.1) is 6.26 Å². The Morgan fingerprint density at radius 2 is 2.19 bits per heavy atom. The second-order valence-electron chi connectivity index (χ2n) is 3.41. The molecular weight excluding hydrogens is 222 g/mol. The quantitative estimate of drug-likeness (QED) is 0.425. The third-order valence-electron chi connectivity index (χ3n) is 2.37. The van der Waals surface area contributed by atoms with Crippen molar-refractivity contribution >= 4 is 28.3 Å². The molecule has 84 valence electrons. The third-order valence-corrected chi connectivity index (χ3v) is 2.63. The van der Waals surface area contributed by atoms with Crippen molar-refractivity contribution in [1.29, 1.82) is 0 Å². The van der Waals surface area contributed by atoms with Crippen molar-refractivity contribution in [2.75, 3.05) is 6.54 Å². The molecule has 2 aromatic rings. The lowest BCUT2D eigenvalue weighted by molar-refractivity contribution is 0.609. The maximum absolute atomic E-state index is 5.43. The van der Waals surface area contributed by atoms with Crippen LogP contribution in [0.3, 0.4) is 0 Å². The highest BCUT2D eigenvalue weighted by Gasteiger charge is 2.04. The molecule has 0 aliphatic heterocycles. The van der Waals surface area contributed by atoms with Crippen molar-refractivity contribution in [3.8, 4) is 0 Å². The Kier molecular flexibility index (Phi) is 3.38. The molecule has 0 bridgehead atoms. The number of nitrogens with one attached hydrogen (secondary N) is 2. The number of benzene rings is 1. The standard InChI is InChI=1S/C11H13N3OS/c12-14-11(16)13-6-5-8-7-15-10-4-2-1-3-9(8)10/h1-4,7H,5-6,12H2,(H2,13,14,16). The predicted molar refractivity (Wildman–Crippen MR) is 67.8 cm³/mol. The van der Waals surface area contributed by atoms with Crippen LogP contribution in [0.15, 0.2) is 34.9 Å². The molecule has 1 aromatic heterocycles. The molecule has 0 atom stereocenters. The number of furan rings is 1. The summed E-state index contributed by atoms with van der Waals surface area (Å²) in [6, 6.07) is 7.97. The molecule has 0 fully saturated rings. The molecule has 0 unspecified atom stereocenters. The fourth-order valence-corrected chi connectivity index (χ4v) is 1.69. The van der Waals surface area contributed by atoms with Crippen LogP contribution < -0.4 is 16.6 Å². The van der Waals surface area contributed by atoms with Crippen LogP contribution in [0.1, 0.15) is 5.56 Å². The van der Waals surface area contributed by atoms with Crippen LogP contribution in [0.4, 0.5) is 0 Å². The van der Waals surface area contributed by atoms with E-state index in [0.717, 1.165) is 23.9 Å². The van der Waals surface area contributed by atoms with Crippen LogP contribution >= 0.6 is 12.2 Å². The fourth-order valence-electron chi connectivity index (χ4n) is 1.59. The van der Waals surface area contributed by atoms with E-state index in [4.69, 9.17) is 22.5 Å². The summed E-state index contributed by atoms with van der Waals surface area (Å²) in [5.41, 5.74) is 4.46. The van der Waals surface area contributed by atoms with Crippen molar-refractivity contribution in [3.63, 3.8) is 0 Å². The van der Waals surface area contributed by atoms with Gasteiger partial charge in [0.25, 0.3) is 0 Å². The van der Waals surface area contributed by atoms with Crippen molar-refractivity contribution < 1.29 is 4.42 Å². The minimum Gasteiger partial charge on any atom is -0.464 e. The zero-order chi connectivity index (χ0) is 11.4. The topological polar surface area (TPSA) is 63.2 Å². The van der Waals surface area contributed by atoms with Crippen molar-refractivity contribution in [3.05, 3.63) is 36.1 Å². The first-order valence-corrected chi connectivity index (χ1v) is 5.41. The van der Waals surface area contributed by atoms with Crippen LogP contribution in [-0.4, -0.2) is 11.7 Å². The number of thiocarbonyl (C=S) groups is 1. The molecule has 0 saturated heterocycles. The monoisotopic (exact) mass is 235 g/mol. The van der Waals surface area contributed by atoms with Gasteiger partial charge in [-0.3, -0.25) is 0 Å². The van der Waals surface area contributed by atoms with Gasteiger partial charge in [-0.2, -0.15) is 0 Å². The minimum absolute atomic E-state index is 0.452. The molecule has 4 nitrogen and oxygen atoms in total. The average Bonchev–Trinajstić information content (AvgIpc) is 2.73. The van der Waals surface area contributed by atoms with E-state index in [2.05, 4.69) is 10.7 Å². The van der Waals surface area contributed by atoms with Gasteiger partial charge in [-0.1, -0.05) is 18.2 Å². The highest BCUT2D eigenvalue weighted by molar-refractivity contribution is 7.80. The number of hydrogen-bond acceptors (Lipinski definition) is 3. The Morgan fingerprint density at radius 1 is 1.38 bits per heavy atom. The highest BCUT2D eigenvalue weighted by atomic mass is 32.1. The molecule has 1 heterocycles. The van der Waals surface area contributed by atoms with E-state index in [1.54, 1.807) is 6.26 Å². The second-order valence-corrected chi connectivity index (χ2v) is 3.82.